The third-order valence-electron chi connectivity index (χ3n) is 4.51. The first-order chi connectivity index (χ1) is 9.50. The quantitative estimate of drug-likeness (QED) is 0.768. The number of rotatable bonds is 6. The topological polar surface area (TPSA) is 61.4 Å². The van der Waals surface area contributed by atoms with E-state index in [1.807, 2.05) is 13.8 Å². The summed E-state index contributed by atoms with van der Waals surface area (Å²) in [6.07, 6.45) is 2.52. The van der Waals surface area contributed by atoms with E-state index in [0.29, 0.717) is 13.1 Å². The predicted octanol–water partition coefficient (Wildman–Crippen LogP) is 1.14. The number of hydrogen-bond acceptors (Lipinski definition) is 3. The molecule has 2 N–H and O–H groups in total. The van der Waals surface area contributed by atoms with Gasteiger partial charge >= 0.3 is 0 Å². The minimum Gasteiger partial charge on any atom is -0.344 e. The Morgan fingerprint density at radius 3 is 2.20 bits per heavy atom. The van der Waals surface area contributed by atoms with Crippen molar-refractivity contribution >= 4 is 11.8 Å². The molecule has 1 aliphatic rings. The van der Waals surface area contributed by atoms with Gasteiger partial charge in [-0.15, -0.1) is 0 Å². The Hall–Kier alpha value is -1.10. The monoisotopic (exact) mass is 283 g/mol. The minimum atomic E-state index is -0.444. The summed E-state index contributed by atoms with van der Waals surface area (Å²) >= 11 is 0. The maximum Gasteiger partial charge on any atom is 0.244 e. The molecule has 20 heavy (non-hydrogen) atoms. The molecule has 0 bridgehead atoms. The van der Waals surface area contributed by atoms with E-state index in [2.05, 4.69) is 17.6 Å². The summed E-state index contributed by atoms with van der Waals surface area (Å²) in [6.45, 7) is 10.9. The Labute approximate surface area is 122 Å². The van der Waals surface area contributed by atoms with E-state index in [4.69, 9.17) is 0 Å². The largest absolute Gasteiger partial charge is 0.344 e. The number of carbonyl (C=O) groups excluding carboxylic acids is 2. The second-order valence-electron chi connectivity index (χ2n) is 5.59. The highest BCUT2D eigenvalue weighted by molar-refractivity contribution is 5.90. The van der Waals surface area contributed by atoms with Crippen molar-refractivity contribution in [2.24, 2.45) is 5.41 Å². The molecule has 1 aliphatic heterocycles. The van der Waals surface area contributed by atoms with Crippen LogP contribution in [0.2, 0.25) is 0 Å². The standard InChI is InChI=1S/C15H29N3O2/c1-5-15(8-10-16-11-9-15)14(20)17-12(4)13(19)18(6-2)7-3/h12,16H,5-11H2,1-4H3,(H,17,20). The lowest BCUT2D eigenvalue weighted by atomic mass is 9.75. The molecule has 1 heterocycles. The van der Waals surface area contributed by atoms with Gasteiger partial charge in [-0.25, -0.2) is 0 Å². The molecule has 116 valence electrons. The van der Waals surface area contributed by atoms with Crippen molar-refractivity contribution in [3.05, 3.63) is 0 Å². The fourth-order valence-electron chi connectivity index (χ4n) is 2.87. The van der Waals surface area contributed by atoms with Gasteiger partial charge in [-0.05, 0) is 53.1 Å². The lowest BCUT2D eigenvalue weighted by Gasteiger charge is -2.36. The van der Waals surface area contributed by atoms with Gasteiger partial charge in [0.15, 0.2) is 0 Å². The summed E-state index contributed by atoms with van der Waals surface area (Å²) in [5, 5.41) is 6.22. The molecule has 0 aliphatic carbocycles. The van der Waals surface area contributed by atoms with Gasteiger partial charge in [-0.3, -0.25) is 9.59 Å². The lowest BCUT2D eigenvalue weighted by molar-refractivity contribution is -0.140. The number of likely N-dealkylation sites (N-methyl/N-ethyl adjacent to an activating group) is 1. The second kappa shape index (κ2) is 7.62. The fraction of sp³-hybridized carbons (Fsp3) is 0.867. The Balaban J connectivity index is 2.66. The summed E-state index contributed by atoms with van der Waals surface area (Å²) in [6, 6.07) is -0.444. The van der Waals surface area contributed by atoms with Crippen molar-refractivity contribution in [3.63, 3.8) is 0 Å². The van der Waals surface area contributed by atoms with Gasteiger partial charge in [-0.2, -0.15) is 0 Å². The van der Waals surface area contributed by atoms with Crippen molar-refractivity contribution < 1.29 is 9.59 Å². The van der Waals surface area contributed by atoms with Crippen molar-refractivity contribution in [3.8, 4) is 0 Å². The van der Waals surface area contributed by atoms with Gasteiger partial charge < -0.3 is 15.5 Å². The first-order valence-electron chi connectivity index (χ1n) is 7.81. The van der Waals surface area contributed by atoms with Crippen molar-refractivity contribution in [2.45, 2.75) is 53.0 Å². The molecule has 2 amide bonds. The van der Waals surface area contributed by atoms with Gasteiger partial charge in [0.2, 0.25) is 11.8 Å². The van der Waals surface area contributed by atoms with Gasteiger partial charge in [0.05, 0.1) is 5.41 Å². The maximum absolute atomic E-state index is 12.6. The highest BCUT2D eigenvalue weighted by Crippen LogP contribution is 2.32. The molecular formula is C15H29N3O2. The van der Waals surface area contributed by atoms with Gasteiger partial charge in [-0.1, -0.05) is 6.92 Å². The van der Waals surface area contributed by atoms with E-state index >= 15 is 0 Å². The number of hydrogen-bond donors (Lipinski definition) is 2. The Bertz CT molecular complexity index is 334. The highest BCUT2D eigenvalue weighted by Gasteiger charge is 2.38. The summed E-state index contributed by atoms with van der Waals surface area (Å²) in [7, 11) is 0. The van der Waals surface area contributed by atoms with Crippen LogP contribution in [0.5, 0.6) is 0 Å². The van der Waals surface area contributed by atoms with Crippen LogP contribution in [-0.4, -0.2) is 48.9 Å². The predicted molar refractivity (Wildman–Crippen MR) is 80.4 cm³/mol. The molecule has 0 radical (unpaired) electrons. The summed E-state index contributed by atoms with van der Waals surface area (Å²) in [5.41, 5.74) is -0.303. The smallest absolute Gasteiger partial charge is 0.244 e. The van der Waals surface area contributed by atoms with Crippen LogP contribution in [0, 0.1) is 5.41 Å². The molecule has 1 fully saturated rings. The summed E-state index contributed by atoms with van der Waals surface area (Å²) in [5.74, 6) is 0.0399. The van der Waals surface area contributed by atoms with Crippen LogP contribution in [0.15, 0.2) is 0 Å². The van der Waals surface area contributed by atoms with Crippen molar-refractivity contribution in [2.75, 3.05) is 26.2 Å². The zero-order valence-corrected chi connectivity index (χ0v) is 13.3. The molecule has 1 unspecified atom stereocenters. The first kappa shape index (κ1) is 17.0. The molecule has 0 aromatic carbocycles. The Morgan fingerprint density at radius 1 is 1.20 bits per heavy atom. The molecule has 0 aromatic rings. The molecule has 5 heteroatoms. The van der Waals surface area contributed by atoms with Gasteiger partial charge in [0.25, 0.3) is 0 Å². The third-order valence-corrected chi connectivity index (χ3v) is 4.51. The zero-order chi connectivity index (χ0) is 15.2. The molecule has 1 atom stereocenters. The van der Waals surface area contributed by atoms with Crippen LogP contribution in [0.25, 0.3) is 0 Å². The normalized spacial score (nSPS) is 19.2. The number of carbonyl (C=O) groups is 2. The third kappa shape index (κ3) is 3.72. The van der Waals surface area contributed by atoms with E-state index in [1.165, 1.54) is 0 Å². The van der Waals surface area contributed by atoms with E-state index in [1.54, 1.807) is 11.8 Å². The van der Waals surface area contributed by atoms with Crippen LogP contribution < -0.4 is 10.6 Å². The molecule has 5 nitrogen and oxygen atoms in total. The van der Waals surface area contributed by atoms with E-state index in [0.717, 1.165) is 32.4 Å². The lowest BCUT2D eigenvalue weighted by Crippen LogP contribution is -2.53. The maximum atomic E-state index is 12.6. The van der Waals surface area contributed by atoms with E-state index < -0.39 is 6.04 Å². The van der Waals surface area contributed by atoms with E-state index in [9.17, 15) is 9.59 Å². The number of piperidine rings is 1. The molecule has 0 saturated carbocycles. The second-order valence-corrected chi connectivity index (χ2v) is 5.59. The Kier molecular flexibility index (Phi) is 6.46. The van der Waals surface area contributed by atoms with Gasteiger partial charge in [0.1, 0.15) is 6.04 Å². The molecule has 0 spiro atoms. The number of nitrogens with one attached hydrogen (secondary N) is 2. The average molecular weight is 283 g/mol. The number of nitrogens with zero attached hydrogens (tertiary/aromatic N) is 1. The van der Waals surface area contributed by atoms with Crippen molar-refractivity contribution in [1.82, 2.24) is 15.5 Å². The summed E-state index contributed by atoms with van der Waals surface area (Å²) < 4.78 is 0. The van der Waals surface area contributed by atoms with Crippen LogP contribution in [0.3, 0.4) is 0 Å². The molecule has 1 rings (SSSR count). The minimum absolute atomic E-state index is 0.00328. The highest BCUT2D eigenvalue weighted by atomic mass is 16.2. The Morgan fingerprint density at radius 2 is 1.75 bits per heavy atom. The zero-order valence-electron chi connectivity index (χ0n) is 13.3. The van der Waals surface area contributed by atoms with E-state index in [-0.39, 0.29) is 17.2 Å². The molecular weight excluding hydrogens is 254 g/mol. The SMILES string of the molecule is CCN(CC)C(=O)C(C)NC(=O)C1(CC)CCNCC1. The number of amides is 2. The first-order valence-corrected chi connectivity index (χ1v) is 7.81. The van der Waals surface area contributed by atoms with Crippen LogP contribution in [0.1, 0.15) is 47.0 Å². The summed E-state index contributed by atoms with van der Waals surface area (Å²) in [4.78, 5) is 26.5. The fourth-order valence-corrected chi connectivity index (χ4v) is 2.87. The van der Waals surface area contributed by atoms with Gasteiger partial charge in [0, 0.05) is 13.1 Å². The molecule has 0 aromatic heterocycles. The van der Waals surface area contributed by atoms with Crippen LogP contribution in [0.4, 0.5) is 0 Å². The average Bonchev–Trinajstić information content (AvgIpc) is 2.48. The molecule has 1 saturated heterocycles. The van der Waals surface area contributed by atoms with Crippen molar-refractivity contribution in [1.29, 1.82) is 0 Å². The van der Waals surface area contributed by atoms with Crippen LogP contribution >= 0.6 is 0 Å². The van der Waals surface area contributed by atoms with Crippen LogP contribution in [-0.2, 0) is 9.59 Å².